The van der Waals surface area contributed by atoms with Crippen molar-refractivity contribution in [3.63, 3.8) is 0 Å². The minimum Gasteiger partial charge on any atom is -0.460 e. The highest BCUT2D eigenvalue weighted by Crippen LogP contribution is 2.51. The number of esters is 6. The molecule has 0 spiro atoms. The first kappa shape index (κ1) is 179. The zero-order valence-corrected chi connectivity index (χ0v) is 78.1. The van der Waals surface area contributed by atoms with E-state index in [0.29, 0.717) is 30.0 Å². The highest BCUT2D eigenvalue weighted by Gasteiger charge is 2.71. The molecule has 3 aliphatic rings. The minimum absolute atomic E-state index is 0. The number of imide groups is 1. The molecule has 7 unspecified atom stereocenters. The lowest BCUT2D eigenvalue weighted by atomic mass is 9.75. The number of carbonyl (C=O) groups excluding carboxylic acids is 8. The summed E-state index contributed by atoms with van der Waals surface area (Å²) in [4.78, 5) is 90.7. The summed E-state index contributed by atoms with van der Waals surface area (Å²) >= 11 is 0. The second kappa shape index (κ2) is 70.4. The molecule has 2 amide bonds. The SMILES string of the molecule is C.C.C.C.C.C.C.C.C.C.C.C.C.C.CC1C(=O)N(C)C(=O)C1C.CC1C(=O)OC(=O)C1C.CCC(C)(C)C(=O)OC(C(F)(F)F)C(F)(F)F.CCC(C)(C)C(=O)OC(C)(C)C.CCC(C)(C)C(=O)OC(C)(C)C.CCC(C)(C)C(=O)OC(C)(C)C1CCC(C)CC1.CCC(C)OC(C(F)(F)F)C(F)(F)F.CCC(C)OC(C(F)(F)F)C(F)(F)F.CCC(C)c1ccc(C(O)(C(F)(F)F)C(F)(F)F)cc1. The summed E-state index contributed by atoms with van der Waals surface area (Å²) in [6.07, 6.45) is -50.0. The molecule has 856 valence electrons. The third kappa shape index (κ3) is 63.1. The monoisotopic (exact) mass is 2110 g/mol. The van der Waals surface area contributed by atoms with Gasteiger partial charge in [-0.1, -0.05) is 231 Å². The molecule has 41 heteroatoms. The molecule has 1 aliphatic carbocycles. The molecule has 140 heavy (non-hydrogen) atoms. The normalized spacial score (nSPS) is 17.3. The van der Waals surface area contributed by atoms with Crippen LogP contribution in [-0.4, -0.2) is 161 Å². The predicted octanol–water partition coefficient (Wildman–Crippen LogP) is 34.2. The minimum atomic E-state index is -5.84. The summed E-state index contributed by atoms with van der Waals surface area (Å²) in [7, 11) is 1.53. The van der Waals surface area contributed by atoms with E-state index in [-0.39, 0.29) is 216 Å². The molecule has 1 aromatic carbocycles. The van der Waals surface area contributed by atoms with Crippen molar-refractivity contribution in [2.24, 2.45) is 57.2 Å². The van der Waals surface area contributed by atoms with E-state index < -0.39 is 114 Å². The lowest BCUT2D eigenvalue weighted by Gasteiger charge is -2.39. The number of ether oxygens (including phenoxy) is 7. The Hall–Kier alpha value is -6.42. The van der Waals surface area contributed by atoms with Crippen molar-refractivity contribution in [1.29, 1.82) is 0 Å². The Morgan fingerprint density at radius 3 is 0.779 bits per heavy atom. The van der Waals surface area contributed by atoms with Crippen LogP contribution in [0.15, 0.2) is 24.3 Å². The molecule has 17 nitrogen and oxygen atoms in total. The highest BCUT2D eigenvalue weighted by molar-refractivity contribution is 6.04. The van der Waals surface area contributed by atoms with Crippen LogP contribution < -0.4 is 0 Å². The number of hydrogen-bond donors (Lipinski definition) is 1. The third-order valence-electron chi connectivity index (χ3n) is 21.0. The average molecular weight is 2110 g/mol. The van der Waals surface area contributed by atoms with Crippen molar-refractivity contribution < 1.29 is 182 Å². The molecule has 4 rings (SSSR count). The van der Waals surface area contributed by atoms with Gasteiger partial charge in [0.25, 0.3) is 11.7 Å². The van der Waals surface area contributed by atoms with E-state index in [1.165, 1.54) is 84.4 Å². The molecular formula is C99H191F24NO16. The van der Waals surface area contributed by atoms with Gasteiger partial charge in [0.1, 0.15) is 16.8 Å². The Bertz CT molecular complexity index is 3280. The van der Waals surface area contributed by atoms with Gasteiger partial charge < -0.3 is 38.3 Å². The fraction of sp³-hybridized carbons (Fsp3) is 0.859. The standard InChI is InChI=1S/C16H30O2.C13H14F6O.2C10H20O2.C9H12F6O2.2C7H10F6O.C7H11NO2.C6H8O3.14CH4/c1-7-15(3,4)14(17)18-16(5,6)13-10-8-12(2)9-11-13;1-3-8(2)9-4-6-10(7-5-9)11(20,12(14,15)16)13(17,18)19;2*1-7-10(5,6)8(11)12-9(2,3)4;1-4-7(2,3)6(16)17-5(8(10,11)12)9(13,14)15;2*1-3-4(2)14-5(6(8,9)10)7(11,12)13;1-4-5(2)7(10)8(3)6(4)9;1-3-4(2)6(8)9-5(3)7;;;;;;;;;;;;;;/h12-13H,7-11H2,1-6H3;4-8,20H,3H2,1-2H3;2*7H2,1-6H3;5H,4H2,1-3H3;2*4-5H,3H2,1-2H3;4-5H,1-3H3;3-4H,1-2H3;14*1H4. The third-order valence-corrected chi connectivity index (χ3v) is 21.0. The second-order valence-corrected chi connectivity index (χ2v) is 36.2. The van der Waals surface area contributed by atoms with E-state index in [1.807, 2.05) is 111 Å². The second-order valence-electron chi connectivity index (χ2n) is 36.2. The lowest BCUT2D eigenvalue weighted by molar-refractivity contribution is -0.376. The van der Waals surface area contributed by atoms with Gasteiger partial charge in [-0.25, -0.2) is 0 Å². The smallest absolute Gasteiger partial charge is 0.434 e. The van der Waals surface area contributed by atoms with E-state index >= 15 is 0 Å². The first-order chi connectivity index (χ1) is 55.7. The number of halogens is 24. The molecule has 1 saturated carbocycles. The predicted molar refractivity (Wildman–Crippen MR) is 516 cm³/mol. The molecule has 0 aromatic heterocycles. The van der Waals surface area contributed by atoms with Crippen LogP contribution in [0.1, 0.15) is 406 Å². The largest absolute Gasteiger partial charge is 0.460 e. The van der Waals surface area contributed by atoms with Gasteiger partial charge in [-0.15, -0.1) is 0 Å². The summed E-state index contributed by atoms with van der Waals surface area (Å²) in [5.41, 5.74) is -8.99. The van der Waals surface area contributed by atoms with Crippen molar-refractivity contribution in [3.8, 4) is 0 Å². The Morgan fingerprint density at radius 2 is 0.600 bits per heavy atom. The molecule has 0 bridgehead atoms. The van der Waals surface area contributed by atoms with E-state index in [1.54, 1.807) is 34.6 Å². The molecule has 2 saturated heterocycles. The number of likely N-dealkylation sites (tertiary alicyclic amines) is 1. The van der Waals surface area contributed by atoms with Crippen LogP contribution in [0.4, 0.5) is 105 Å². The number of benzene rings is 1. The van der Waals surface area contributed by atoms with E-state index in [2.05, 4.69) is 39.7 Å². The van der Waals surface area contributed by atoms with Crippen LogP contribution >= 0.6 is 0 Å². The number of rotatable bonds is 20. The number of amides is 2. The number of cyclic esters (lactones) is 2. The molecular weight excluding hydrogens is 1920 g/mol. The molecule has 1 N–H and O–H groups in total. The maximum atomic E-state index is 12.6. The van der Waals surface area contributed by atoms with Crippen molar-refractivity contribution in [1.82, 2.24) is 4.90 Å². The Labute approximate surface area is 828 Å². The number of carbonyl (C=O) groups is 8. The topological polar surface area (TPSA) is 225 Å². The molecule has 0 radical (unpaired) electrons. The van der Waals surface area contributed by atoms with Gasteiger partial charge in [-0.3, -0.25) is 43.3 Å². The van der Waals surface area contributed by atoms with Crippen LogP contribution in [0.2, 0.25) is 0 Å². The lowest BCUT2D eigenvalue weighted by Crippen LogP contribution is -2.53. The van der Waals surface area contributed by atoms with Crippen molar-refractivity contribution in [2.75, 3.05) is 7.05 Å². The van der Waals surface area contributed by atoms with Crippen LogP contribution in [0.25, 0.3) is 0 Å². The van der Waals surface area contributed by atoms with Crippen molar-refractivity contribution in [2.45, 2.75) is 497 Å². The Morgan fingerprint density at radius 1 is 0.364 bits per heavy atom. The summed E-state index contributed by atoms with van der Waals surface area (Å²) in [6.45, 7) is 55.0. The first-order valence-electron chi connectivity index (χ1n) is 40.8. The van der Waals surface area contributed by atoms with Gasteiger partial charge in [0, 0.05) is 24.4 Å². The molecule has 1 aromatic rings. The van der Waals surface area contributed by atoms with E-state index in [9.17, 15) is 149 Å². The number of hydrogen-bond acceptors (Lipinski definition) is 16. The van der Waals surface area contributed by atoms with Gasteiger partial charge in [0.2, 0.25) is 24.0 Å². The Kier molecular flexibility index (Phi) is 89.9. The first-order valence-corrected chi connectivity index (χ1v) is 40.8. The van der Waals surface area contributed by atoms with Crippen molar-refractivity contribution >= 4 is 47.6 Å². The fourth-order valence-electron chi connectivity index (χ4n) is 9.37. The van der Waals surface area contributed by atoms with Gasteiger partial charge in [-0.05, 0) is 206 Å². The highest BCUT2D eigenvalue weighted by atomic mass is 19.4. The molecule has 2 heterocycles. The van der Waals surface area contributed by atoms with E-state index in [4.69, 9.17) is 14.2 Å². The number of alkyl halides is 24. The van der Waals surface area contributed by atoms with Crippen LogP contribution in [0.3, 0.4) is 0 Å². The average Bonchev–Trinajstić information content (AvgIpc) is 0.813. The fourth-order valence-corrected chi connectivity index (χ4v) is 9.37. The summed E-state index contributed by atoms with van der Waals surface area (Å²) < 4.78 is 323. The Balaban J connectivity index is -0.0000000689. The summed E-state index contributed by atoms with van der Waals surface area (Å²) in [6, 6.07) is 3.68. The van der Waals surface area contributed by atoms with Gasteiger partial charge in [0.05, 0.1) is 45.7 Å². The van der Waals surface area contributed by atoms with Crippen LogP contribution in [0, 0.1) is 57.2 Å². The molecule has 3 fully saturated rings. The molecule has 7 atom stereocenters. The quantitative estimate of drug-likeness (QED) is 0.0421. The summed E-state index contributed by atoms with van der Waals surface area (Å²) in [5.74, 6) is -2.11. The number of nitrogens with zero attached hydrogens (tertiary/aromatic N) is 1. The van der Waals surface area contributed by atoms with Crippen molar-refractivity contribution in [3.05, 3.63) is 35.4 Å². The maximum absolute atomic E-state index is 12.6. The van der Waals surface area contributed by atoms with Crippen LogP contribution in [-0.2, 0) is 77.1 Å². The van der Waals surface area contributed by atoms with E-state index in [0.717, 1.165) is 39.0 Å². The van der Waals surface area contributed by atoms with Gasteiger partial charge in [0.15, 0.2) is 0 Å². The van der Waals surface area contributed by atoms with Gasteiger partial charge in [-0.2, -0.15) is 105 Å². The number of aliphatic hydroxyl groups is 1. The van der Waals surface area contributed by atoms with Crippen LogP contribution in [0.5, 0.6) is 0 Å². The zero-order valence-electron chi connectivity index (χ0n) is 78.1. The summed E-state index contributed by atoms with van der Waals surface area (Å²) in [5, 5.41) is 9.19. The maximum Gasteiger partial charge on any atom is 0.434 e. The zero-order chi connectivity index (χ0) is 102. The molecule has 2 aliphatic heterocycles. The van der Waals surface area contributed by atoms with Gasteiger partial charge >= 0.3 is 85.2 Å².